The normalized spacial score (nSPS) is 15.2. The first-order valence-corrected chi connectivity index (χ1v) is 11.6. The zero-order chi connectivity index (χ0) is 22.4. The summed E-state index contributed by atoms with van der Waals surface area (Å²) in [7, 11) is -1.03. The fourth-order valence-corrected chi connectivity index (χ4v) is 5.24. The summed E-state index contributed by atoms with van der Waals surface area (Å²) in [6.07, 6.45) is 3.61. The van der Waals surface area contributed by atoms with Crippen molar-refractivity contribution >= 4 is 15.9 Å². The molecule has 1 heterocycles. The summed E-state index contributed by atoms with van der Waals surface area (Å²) in [5, 5.41) is 2.69. The number of hydrogen-bond acceptors (Lipinski definition) is 5. The molecule has 0 radical (unpaired) electrons. The predicted molar refractivity (Wildman–Crippen MR) is 114 cm³/mol. The molecule has 2 aromatic carbocycles. The van der Waals surface area contributed by atoms with Gasteiger partial charge in [-0.3, -0.25) is 4.79 Å². The maximum absolute atomic E-state index is 13.8. The molecule has 7 nitrogen and oxygen atoms in total. The summed E-state index contributed by atoms with van der Waals surface area (Å²) in [5.41, 5.74) is 0.737. The number of amides is 1. The van der Waals surface area contributed by atoms with Gasteiger partial charge in [0.25, 0.3) is 5.91 Å². The molecule has 1 saturated heterocycles. The van der Waals surface area contributed by atoms with Gasteiger partial charge in [-0.1, -0.05) is 18.9 Å². The van der Waals surface area contributed by atoms with Crippen molar-refractivity contribution in [1.29, 1.82) is 0 Å². The number of nitrogens with zero attached hydrogens (tertiary/aromatic N) is 1. The highest BCUT2D eigenvalue weighted by Crippen LogP contribution is 2.29. The fraction of sp³-hybridized carbons (Fsp3) is 0.409. The van der Waals surface area contributed by atoms with Crippen molar-refractivity contribution in [2.24, 2.45) is 0 Å². The molecule has 0 aromatic heterocycles. The average molecular weight is 451 g/mol. The van der Waals surface area contributed by atoms with E-state index in [0.717, 1.165) is 25.7 Å². The minimum atomic E-state index is -3.80. The number of methoxy groups -OCH3 is 2. The van der Waals surface area contributed by atoms with Crippen molar-refractivity contribution in [2.45, 2.75) is 37.1 Å². The topological polar surface area (TPSA) is 84.9 Å². The number of hydrogen-bond donors (Lipinski definition) is 1. The number of ether oxygens (including phenoxy) is 2. The van der Waals surface area contributed by atoms with Crippen LogP contribution >= 0.6 is 0 Å². The summed E-state index contributed by atoms with van der Waals surface area (Å²) in [4.78, 5) is 12.6. The third kappa shape index (κ3) is 5.34. The first-order valence-electron chi connectivity index (χ1n) is 10.2. The Morgan fingerprint density at radius 1 is 1.00 bits per heavy atom. The molecule has 0 atom stereocenters. The van der Waals surface area contributed by atoms with Crippen LogP contribution in [0.4, 0.5) is 4.39 Å². The molecule has 1 amide bonds. The zero-order valence-electron chi connectivity index (χ0n) is 17.7. The lowest BCUT2D eigenvalue weighted by atomic mass is 10.1. The molecule has 0 bridgehead atoms. The van der Waals surface area contributed by atoms with Crippen molar-refractivity contribution < 1.29 is 27.1 Å². The summed E-state index contributed by atoms with van der Waals surface area (Å²) in [6.45, 7) is 0.982. The number of carbonyl (C=O) groups is 1. The van der Waals surface area contributed by atoms with Crippen LogP contribution in [-0.2, 0) is 16.6 Å². The van der Waals surface area contributed by atoms with Crippen LogP contribution < -0.4 is 14.8 Å². The molecule has 168 valence electrons. The molecule has 0 unspecified atom stereocenters. The minimum absolute atomic E-state index is 0.0277. The third-order valence-electron chi connectivity index (χ3n) is 5.28. The van der Waals surface area contributed by atoms with Crippen molar-refractivity contribution in [1.82, 2.24) is 9.62 Å². The van der Waals surface area contributed by atoms with Crippen LogP contribution in [0.2, 0.25) is 0 Å². The monoisotopic (exact) mass is 450 g/mol. The number of nitrogens with one attached hydrogen (secondary N) is 1. The Morgan fingerprint density at radius 2 is 1.65 bits per heavy atom. The van der Waals surface area contributed by atoms with Gasteiger partial charge in [0.15, 0.2) is 11.6 Å². The lowest BCUT2D eigenvalue weighted by Crippen LogP contribution is -2.32. The molecule has 1 aliphatic heterocycles. The molecule has 1 N–H and O–H groups in total. The van der Waals surface area contributed by atoms with Gasteiger partial charge in [-0.15, -0.1) is 0 Å². The molecule has 0 spiro atoms. The highest BCUT2D eigenvalue weighted by atomic mass is 32.2. The van der Waals surface area contributed by atoms with Crippen LogP contribution in [0, 0.1) is 5.82 Å². The molecule has 1 aliphatic rings. The quantitative estimate of drug-likeness (QED) is 0.699. The van der Waals surface area contributed by atoms with Crippen LogP contribution in [0.3, 0.4) is 0 Å². The van der Waals surface area contributed by atoms with Crippen molar-refractivity contribution in [3.8, 4) is 11.5 Å². The van der Waals surface area contributed by atoms with Crippen LogP contribution in [0.15, 0.2) is 41.3 Å². The minimum Gasteiger partial charge on any atom is -0.495 e. The summed E-state index contributed by atoms with van der Waals surface area (Å²) in [5.74, 6) is -0.678. The van der Waals surface area contributed by atoms with Gasteiger partial charge in [-0.05, 0) is 48.7 Å². The van der Waals surface area contributed by atoms with E-state index in [2.05, 4.69) is 5.32 Å². The maximum atomic E-state index is 13.8. The van der Waals surface area contributed by atoms with E-state index in [1.807, 2.05) is 0 Å². The fourth-order valence-electron chi connectivity index (χ4n) is 3.54. The second-order valence-corrected chi connectivity index (χ2v) is 9.24. The van der Waals surface area contributed by atoms with Gasteiger partial charge < -0.3 is 14.8 Å². The molecule has 9 heteroatoms. The summed E-state index contributed by atoms with van der Waals surface area (Å²) >= 11 is 0. The maximum Gasteiger partial charge on any atom is 0.251 e. The largest absolute Gasteiger partial charge is 0.495 e. The number of carbonyl (C=O) groups excluding carboxylic acids is 1. The highest BCUT2D eigenvalue weighted by molar-refractivity contribution is 7.89. The first kappa shape index (κ1) is 23.0. The first-order chi connectivity index (χ1) is 14.9. The van der Waals surface area contributed by atoms with E-state index in [4.69, 9.17) is 9.47 Å². The number of sulfonamides is 1. The average Bonchev–Trinajstić information content (AvgIpc) is 3.07. The van der Waals surface area contributed by atoms with Crippen molar-refractivity contribution in [3.05, 3.63) is 53.3 Å². The van der Waals surface area contributed by atoms with E-state index in [0.29, 0.717) is 18.7 Å². The number of halogens is 1. The van der Waals surface area contributed by atoms with Gasteiger partial charge in [0, 0.05) is 25.2 Å². The highest BCUT2D eigenvalue weighted by Gasteiger charge is 2.29. The molecule has 1 fully saturated rings. The Bertz CT molecular complexity index is 1030. The lowest BCUT2D eigenvalue weighted by molar-refractivity contribution is 0.0950. The van der Waals surface area contributed by atoms with E-state index in [9.17, 15) is 17.6 Å². The second kappa shape index (κ2) is 10.1. The van der Waals surface area contributed by atoms with Crippen LogP contribution in [0.1, 0.15) is 41.6 Å². The predicted octanol–water partition coefficient (Wildman–Crippen LogP) is 3.34. The Labute approximate surface area is 182 Å². The Kier molecular flexibility index (Phi) is 7.50. The molecule has 0 saturated carbocycles. The SMILES string of the molecule is COc1ccc(CNC(=O)c2ccc(OC)c(S(=O)(=O)N3CCCCCC3)c2)cc1F. The van der Waals surface area contributed by atoms with Gasteiger partial charge in [0.2, 0.25) is 10.0 Å². The Morgan fingerprint density at radius 3 is 2.26 bits per heavy atom. The van der Waals surface area contributed by atoms with Gasteiger partial charge in [-0.25, -0.2) is 12.8 Å². The van der Waals surface area contributed by atoms with E-state index in [1.165, 1.54) is 48.9 Å². The van der Waals surface area contributed by atoms with E-state index < -0.39 is 21.7 Å². The summed E-state index contributed by atoms with van der Waals surface area (Å²) in [6, 6.07) is 8.73. The Hall–Kier alpha value is -2.65. The Balaban J connectivity index is 1.80. The van der Waals surface area contributed by atoms with Gasteiger partial charge >= 0.3 is 0 Å². The standard InChI is InChI=1S/C22H27FN2O5S/c1-29-19-9-7-16(13-18(19)23)15-24-22(26)17-8-10-20(30-2)21(14-17)31(27,28)25-11-5-3-4-6-12-25/h7-10,13-14H,3-6,11-12,15H2,1-2H3,(H,24,26). The van der Waals surface area contributed by atoms with Crippen LogP contribution in [0.25, 0.3) is 0 Å². The third-order valence-corrected chi connectivity index (χ3v) is 7.20. The van der Waals surface area contributed by atoms with E-state index in [-0.39, 0.29) is 28.5 Å². The van der Waals surface area contributed by atoms with E-state index >= 15 is 0 Å². The van der Waals surface area contributed by atoms with Crippen molar-refractivity contribution in [2.75, 3.05) is 27.3 Å². The number of rotatable bonds is 7. The molecule has 3 rings (SSSR count). The molecule has 0 aliphatic carbocycles. The molecular formula is C22H27FN2O5S. The van der Waals surface area contributed by atoms with E-state index in [1.54, 1.807) is 6.07 Å². The zero-order valence-corrected chi connectivity index (χ0v) is 18.5. The lowest BCUT2D eigenvalue weighted by Gasteiger charge is -2.21. The van der Waals surface area contributed by atoms with Gasteiger partial charge in [-0.2, -0.15) is 4.31 Å². The van der Waals surface area contributed by atoms with Crippen LogP contribution in [-0.4, -0.2) is 45.9 Å². The van der Waals surface area contributed by atoms with Gasteiger partial charge in [0.1, 0.15) is 10.6 Å². The smallest absolute Gasteiger partial charge is 0.251 e. The number of benzene rings is 2. The summed E-state index contributed by atoms with van der Waals surface area (Å²) < 4.78 is 51.9. The van der Waals surface area contributed by atoms with Crippen LogP contribution in [0.5, 0.6) is 11.5 Å². The molecule has 2 aromatic rings. The molecule has 31 heavy (non-hydrogen) atoms. The second-order valence-electron chi connectivity index (χ2n) is 7.34. The van der Waals surface area contributed by atoms with Crippen molar-refractivity contribution in [3.63, 3.8) is 0 Å². The molecular weight excluding hydrogens is 423 g/mol. The van der Waals surface area contributed by atoms with Gasteiger partial charge in [0.05, 0.1) is 14.2 Å².